The molecule has 0 spiro atoms. The van der Waals surface area contributed by atoms with Gasteiger partial charge in [0.15, 0.2) is 0 Å². The van der Waals surface area contributed by atoms with Crippen LogP contribution < -0.4 is 5.32 Å². The van der Waals surface area contributed by atoms with E-state index in [1.807, 2.05) is 13.8 Å². The third-order valence-corrected chi connectivity index (χ3v) is 4.48. The average Bonchev–Trinajstić information content (AvgIpc) is 2.89. The van der Waals surface area contributed by atoms with Crippen LogP contribution in [0.1, 0.15) is 28.9 Å². The van der Waals surface area contributed by atoms with Crippen molar-refractivity contribution in [2.75, 3.05) is 6.54 Å². The summed E-state index contributed by atoms with van der Waals surface area (Å²) < 4.78 is 0. The average molecular weight is 297 g/mol. The lowest BCUT2D eigenvalue weighted by Gasteiger charge is -2.21. The molecule has 1 aliphatic rings. The zero-order chi connectivity index (χ0) is 14.9. The van der Waals surface area contributed by atoms with Gasteiger partial charge >= 0.3 is 0 Å². The Morgan fingerprint density at radius 3 is 2.75 bits per heavy atom. The SMILES string of the molecule is CC(=O)N1C[C@H](O)C[C@@H]1C(=O)NCc1sc(C)nc1C. The van der Waals surface area contributed by atoms with Crippen LogP contribution in [0.15, 0.2) is 0 Å². The van der Waals surface area contributed by atoms with Crippen molar-refractivity contribution < 1.29 is 14.7 Å². The van der Waals surface area contributed by atoms with Crippen molar-refractivity contribution in [3.8, 4) is 0 Å². The molecule has 1 aromatic rings. The molecular formula is C13H19N3O3S. The van der Waals surface area contributed by atoms with E-state index in [0.717, 1.165) is 15.6 Å². The van der Waals surface area contributed by atoms with E-state index in [9.17, 15) is 14.7 Å². The maximum atomic E-state index is 12.2. The standard InChI is InChI=1S/C13H19N3O3S/c1-7-12(20-8(2)15-7)5-14-13(19)11-4-10(18)6-16(11)9(3)17/h10-11,18H,4-6H2,1-3H3,(H,14,19)/t10-,11-/m1/s1. The molecule has 2 N–H and O–H groups in total. The van der Waals surface area contributed by atoms with Gasteiger partial charge in [-0.15, -0.1) is 11.3 Å². The fourth-order valence-corrected chi connectivity index (χ4v) is 3.31. The molecule has 0 bridgehead atoms. The first-order chi connectivity index (χ1) is 9.38. The van der Waals surface area contributed by atoms with Gasteiger partial charge in [0, 0.05) is 24.8 Å². The predicted octanol–water partition coefficient (Wildman–Crippen LogP) is 0.358. The molecule has 1 saturated heterocycles. The monoisotopic (exact) mass is 297 g/mol. The second-order valence-electron chi connectivity index (χ2n) is 5.04. The van der Waals surface area contributed by atoms with Gasteiger partial charge in [-0.3, -0.25) is 9.59 Å². The minimum absolute atomic E-state index is 0.188. The van der Waals surface area contributed by atoms with Gasteiger partial charge in [-0.1, -0.05) is 0 Å². The predicted molar refractivity (Wildman–Crippen MR) is 75.2 cm³/mol. The third-order valence-electron chi connectivity index (χ3n) is 3.41. The molecule has 2 rings (SSSR count). The normalized spacial score (nSPS) is 22.1. The summed E-state index contributed by atoms with van der Waals surface area (Å²) >= 11 is 1.55. The van der Waals surface area contributed by atoms with Crippen molar-refractivity contribution in [3.63, 3.8) is 0 Å². The number of nitrogens with one attached hydrogen (secondary N) is 1. The zero-order valence-electron chi connectivity index (χ0n) is 11.8. The first-order valence-corrected chi connectivity index (χ1v) is 7.36. The molecule has 7 heteroatoms. The van der Waals surface area contributed by atoms with Crippen LogP contribution in [0.5, 0.6) is 0 Å². The summed E-state index contributed by atoms with van der Waals surface area (Å²) in [5.74, 6) is -0.409. The number of aliphatic hydroxyl groups is 1. The van der Waals surface area contributed by atoms with E-state index in [4.69, 9.17) is 0 Å². The molecule has 0 aromatic carbocycles. The number of carbonyl (C=O) groups excluding carboxylic acids is 2. The highest BCUT2D eigenvalue weighted by atomic mass is 32.1. The molecule has 1 fully saturated rings. The summed E-state index contributed by atoms with van der Waals surface area (Å²) in [4.78, 5) is 30.4. The fourth-order valence-electron chi connectivity index (χ4n) is 2.43. The third kappa shape index (κ3) is 3.16. The minimum Gasteiger partial charge on any atom is -0.391 e. The molecule has 0 radical (unpaired) electrons. The molecule has 2 atom stereocenters. The zero-order valence-corrected chi connectivity index (χ0v) is 12.7. The van der Waals surface area contributed by atoms with Crippen LogP contribution in [0.25, 0.3) is 0 Å². The summed E-state index contributed by atoms with van der Waals surface area (Å²) in [6, 6.07) is -0.572. The van der Waals surface area contributed by atoms with Crippen LogP contribution in [-0.2, 0) is 16.1 Å². The Balaban J connectivity index is 1.97. The number of hydrogen-bond acceptors (Lipinski definition) is 5. The highest BCUT2D eigenvalue weighted by Gasteiger charge is 2.37. The quantitative estimate of drug-likeness (QED) is 0.844. The molecule has 0 saturated carbocycles. The lowest BCUT2D eigenvalue weighted by atomic mass is 10.2. The fraction of sp³-hybridized carbons (Fsp3) is 0.615. The minimum atomic E-state index is -0.623. The van der Waals surface area contributed by atoms with Gasteiger partial charge in [-0.25, -0.2) is 4.98 Å². The van der Waals surface area contributed by atoms with E-state index >= 15 is 0 Å². The molecule has 6 nitrogen and oxygen atoms in total. The number of carbonyl (C=O) groups is 2. The molecule has 20 heavy (non-hydrogen) atoms. The van der Waals surface area contributed by atoms with Crippen molar-refractivity contribution in [3.05, 3.63) is 15.6 Å². The molecule has 2 amide bonds. The molecule has 1 aromatic heterocycles. The van der Waals surface area contributed by atoms with Crippen LogP contribution in [0.4, 0.5) is 0 Å². The highest BCUT2D eigenvalue weighted by molar-refractivity contribution is 7.11. The summed E-state index contributed by atoms with van der Waals surface area (Å²) in [7, 11) is 0. The Bertz CT molecular complexity index is 529. The maximum absolute atomic E-state index is 12.2. The van der Waals surface area contributed by atoms with Crippen molar-refractivity contribution in [2.24, 2.45) is 0 Å². The lowest BCUT2D eigenvalue weighted by Crippen LogP contribution is -2.44. The topological polar surface area (TPSA) is 82.5 Å². The Labute approximate surface area is 121 Å². The van der Waals surface area contributed by atoms with Gasteiger partial charge in [0.05, 0.1) is 23.4 Å². The van der Waals surface area contributed by atoms with E-state index in [-0.39, 0.29) is 18.4 Å². The summed E-state index contributed by atoms with van der Waals surface area (Å²) in [6.45, 7) is 5.88. The van der Waals surface area contributed by atoms with E-state index < -0.39 is 12.1 Å². The van der Waals surface area contributed by atoms with Crippen LogP contribution in [0.3, 0.4) is 0 Å². The number of aliphatic hydroxyl groups excluding tert-OH is 1. The first-order valence-electron chi connectivity index (χ1n) is 6.54. The molecule has 2 heterocycles. The largest absolute Gasteiger partial charge is 0.391 e. The van der Waals surface area contributed by atoms with Gasteiger partial charge in [0.2, 0.25) is 11.8 Å². The van der Waals surface area contributed by atoms with E-state index in [0.29, 0.717) is 13.0 Å². The Kier molecular flexibility index (Phi) is 4.39. The molecule has 1 aliphatic heterocycles. The van der Waals surface area contributed by atoms with Gasteiger partial charge < -0.3 is 15.3 Å². The van der Waals surface area contributed by atoms with E-state index in [1.165, 1.54) is 11.8 Å². The second-order valence-corrected chi connectivity index (χ2v) is 6.32. The molecule has 110 valence electrons. The summed E-state index contributed by atoms with van der Waals surface area (Å²) in [6.07, 6.45) is -0.325. The lowest BCUT2D eigenvalue weighted by molar-refractivity contribution is -0.137. The van der Waals surface area contributed by atoms with Crippen molar-refractivity contribution in [2.45, 2.75) is 45.9 Å². The van der Waals surface area contributed by atoms with Crippen LogP contribution >= 0.6 is 11.3 Å². The number of β-amino-alcohol motifs (C(OH)–C–C–N with tert-alkyl or cyclic N) is 1. The molecule has 0 aliphatic carbocycles. The number of aromatic nitrogens is 1. The number of thiazole rings is 1. The van der Waals surface area contributed by atoms with Crippen LogP contribution in [-0.4, -0.2) is 45.5 Å². The van der Waals surface area contributed by atoms with E-state index in [1.54, 1.807) is 11.3 Å². The van der Waals surface area contributed by atoms with Crippen LogP contribution in [0.2, 0.25) is 0 Å². The van der Waals surface area contributed by atoms with Crippen molar-refractivity contribution >= 4 is 23.2 Å². The summed E-state index contributed by atoms with van der Waals surface area (Å²) in [5, 5.41) is 13.4. The Morgan fingerprint density at radius 1 is 1.50 bits per heavy atom. The number of aryl methyl sites for hydroxylation is 2. The Morgan fingerprint density at radius 2 is 2.20 bits per heavy atom. The van der Waals surface area contributed by atoms with Crippen molar-refractivity contribution in [1.29, 1.82) is 0 Å². The highest BCUT2D eigenvalue weighted by Crippen LogP contribution is 2.20. The maximum Gasteiger partial charge on any atom is 0.243 e. The van der Waals surface area contributed by atoms with Gasteiger partial charge in [-0.05, 0) is 13.8 Å². The van der Waals surface area contributed by atoms with E-state index in [2.05, 4.69) is 10.3 Å². The van der Waals surface area contributed by atoms with Gasteiger partial charge in [-0.2, -0.15) is 0 Å². The molecule has 0 unspecified atom stereocenters. The van der Waals surface area contributed by atoms with Gasteiger partial charge in [0.1, 0.15) is 6.04 Å². The number of amides is 2. The number of rotatable bonds is 3. The van der Waals surface area contributed by atoms with Gasteiger partial charge in [0.25, 0.3) is 0 Å². The van der Waals surface area contributed by atoms with Crippen molar-refractivity contribution in [1.82, 2.24) is 15.2 Å². The number of nitrogens with zero attached hydrogens (tertiary/aromatic N) is 2. The van der Waals surface area contributed by atoms with Crippen LogP contribution in [0, 0.1) is 13.8 Å². The first kappa shape index (κ1) is 14.9. The number of hydrogen-bond donors (Lipinski definition) is 2. The number of likely N-dealkylation sites (tertiary alicyclic amines) is 1. The Hall–Kier alpha value is -1.47. The smallest absolute Gasteiger partial charge is 0.243 e. The summed E-state index contributed by atoms with van der Waals surface area (Å²) in [5.41, 5.74) is 0.919. The molecular weight excluding hydrogens is 278 g/mol. The second kappa shape index (κ2) is 5.88.